The summed E-state index contributed by atoms with van der Waals surface area (Å²) in [5.74, 6) is -1.65. The summed E-state index contributed by atoms with van der Waals surface area (Å²) in [6, 6.07) is 1.09. The molecule has 0 bridgehead atoms. The fourth-order valence-electron chi connectivity index (χ4n) is 1.13. The number of esters is 1. The van der Waals surface area contributed by atoms with E-state index in [1.165, 1.54) is 13.3 Å². The topological polar surface area (TPSA) is 69.9 Å². The van der Waals surface area contributed by atoms with E-state index in [-0.39, 0.29) is 16.7 Å². The molecule has 0 saturated heterocycles. The van der Waals surface area contributed by atoms with Crippen molar-refractivity contribution < 1.29 is 13.9 Å². The number of nitrogens with zero attached hydrogens (tertiary/aromatic N) is 4. The van der Waals surface area contributed by atoms with Crippen molar-refractivity contribution in [1.82, 2.24) is 19.7 Å². The first-order valence-electron chi connectivity index (χ1n) is 4.43. The first-order chi connectivity index (χ1) is 8.11. The maximum atomic E-state index is 13.5. The standard InChI is InChI=1S/C9H6ClFN4O2/c1-17-9(16)7-13-4-15(14-7)8-6(11)2-5(10)3-12-8/h2-4H,1H3. The molecule has 2 heterocycles. The van der Waals surface area contributed by atoms with Crippen LogP contribution in [-0.2, 0) is 4.74 Å². The Morgan fingerprint density at radius 3 is 2.94 bits per heavy atom. The van der Waals surface area contributed by atoms with Crippen LogP contribution in [0.15, 0.2) is 18.6 Å². The molecule has 88 valence electrons. The molecule has 0 aliphatic carbocycles. The van der Waals surface area contributed by atoms with Crippen LogP contribution in [0.2, 0.25) is 5.02 Å². The summed E-state index contributed by atoms with van der Waals surface area (Å²) in [6.45, 7) is 0. The molecular formula is C9H6ClFN4O2. The molecule has 17 heavy (non-hydrogen) atoms. The highest BCUT2D eigenvalue weighted by atomic mass is 35.5. The fourth-order valence-corrected chi connectivity index (χ4v) is 1.27. The van der Waals surface area contributed by atoms with Gasteiger partial charge in [-0.2, -0.15) is 4.68 Å². The molecule has 0 amide bonds. The molecule has 0 N–H and O–H groups in total. The van der Waals surface area contributed by atoms with Crippen molar-refractivity contribution in [2.24, 2.45) is 0 Å². The highest BCUT2D eigenvalue weighted by Crippen LogP contribution is 2.14. The summed E-state index contributed by atoms with van der Waals surface area (Å²) in [4.78, 5) is 18.5. The van der Waals surface area contributed by atoms with E-state index in [0.717, 1.165) is 17.1 Å². The quantitative estimate of drug-likeness (QED) is 0.756. The van der Waals surface area contributed by atoms with Gasteiger partial charge in [0.1, 0.15) is 6.33 Å². The zero-order chi connectivity index (χ0) is 12.4. The van der Waals surface area contributed by atoms with E-state index in [4.69, 9.17) is 11.6 Å². The van der Waals surface area contributed by atoms with Crippen LogP contribution in [0.3, 0.4) is 0 Å². The van der Waals surface area contributed by atoms with Crippen molar-refractivity contribution in [3.05, 3.63) is 35.3 Å². The second-order valence-electron chi connectivity index (χ2n) is 2.96. The maximum absolute atomic E-state index is 13.5. The third-order valence-corrected chi connectivity index (χ3v) is 2.07. The summed E-state index contributed by atoms with van der Waals surface area (Å²) < 4.78 is 18.9. The van der Waals surface area contributed by atoms with E-state index in [0.29, 0.717) is 0 Å². The average molecular weight is 257 g/mol. The van der Waals surface area contributed by atoms with Gasteiger partial charge in [-0.05, 0) is 6.07 Å². The number of carbonyl (C=O) groups is 1. The molecular weight excluding hydrogens is 251 g/mol. The van der Waals surface area contributed by atoms with Gasteiger partial charge in [0, 0.05) is 6.20 Å². The Balaban J connectivity index is 2.40. The van der Waals surface area contributed by atoms with Crippen molar-refractivity contribution in [2.45, 2.75) is 0 Å². The van der Waals surface area contributed by atoms with Crippen LogP contribution in [0.25, 0.3) is 5.82 Å². The highest BCUT2D eigenvalue weighted by molar-refractivity contribution is 6.30. The van der Waals surface area contributed by atoms with Crippen molar-refractivity contribution in [3.8, 4) is 5.82 Å². The van der Waals surface area contributed by atoms with Crippen molar-refractivity contribution in [3.63, 3.8) is 0 Å². The molecule has 0 atom stereocenters. The van der Waals surface area contributed by atoms with E-state index >= 15 is 0 Å². The molecule has 0 aromatic carbocycles. The number of pyridine rings is 1. The van der Waals surface area contributed by atoms with Gasteiger partial charge in [-0.3, -0.25) is 0 Å². The van der Waals surface area contributed by atoms with Crippen LogP contribution < -0.4 is 0 Å². The van der Waals surface area contributed by atoms with Gasteiger partial charge in [0.25, 0.3) is 5.82 Å². The smallest absolute Gasteiger partial charge is 0.377 e. The normalized spacial score (nSPS) is 10.3. The van der Waals surface area contributed by atoms with Crippen molar-refractivity contribution in [2.75, 3.05) is 7.11 Å². The number of ether oxygens (including phenoxy) is 1. The van der Waals surface area contributed by atoms with Gasteiger partial charge < -0.3 is 4.74 Å². The van der Waals surface area contributed by atoms with Crippen LogP contribution in [0.1, 0.15) is 10.6 Å². The number of rotatable bonds is 2. The molecule has 0 spiro atoms. The third kappa shape index (κ3) is 2.23. The van der Waals surface area contributed by atoms with E-state index < -0.39 is 11.8 Å². The summed E-state index contributed by atoms with van der Waals surface area (Å²) in [6.07, 6.45) is 2.42. The van der Waals surface area contributed by atoms with Crippen LogP contribution in [0.4, 0.5) is 4.39 Å². The Labute approximate surface area is 100 Å². The molecule has 2 aromatic heterocycles. The first kappa shape index (κ1) is 11.5. The number of aromatic nitrogens is 4. The van der Waals surface area contributed by atoms with E-state index in [9.17, 15) is 9.18 Å². The maximum Gasteiger partial charge on any atom is 0.377 e. The molecule has 8 heteroatoms. The number of halogens is 2. The van der Waals surface area contributed by atoms with Crippen LogP contribution in [0.5, 0.6) is 0 Å². The molecule has 0 unspecified atom stereocenters. The highest BCUT2D eigenvalue weighted by Gasteiger charge is 2.14. The fraction of sp³-hybridized carbons (Fsp3) is 0.111. The number of hydrogen-bond donors (Lipinski definition) is 0. The molecule has 2 rings (SSSR count). The van der Waals surface area contributed by atoms with Crippen LogP contribution >= 0.6 is 11.6 Å². The summed E-state index contributed by atoms with van der Waals surface area (Å²) in [7, 11) is 1.20. The summed E-state index contributed by atoms with van der Waals surface area (Å²) >= 11 is 5.56. The number of carbonyl (C=O) groups excluding carboxylic acids is 1. The molecule has 2 aromatic rings. The van der Waals surface area contributed by atoms with Crippen molar-refractivity contribution in [1.29, 1.82) is 0 Å². The molecule has 0 fully saturated rings. The van der Waals surface area contributed by atoms with Gasteiger partial charge in [0.15, 0.2) is 11.6 Å². The van der Waals surface area contributed by atoms with E-state index in [1.807, 2.05) is 0 Å². The lowest BCUT2D eigenvalue weighted by atomic mass is 10.4. The minimum absolute atomic E-state index is 0.1000. The van der Waals surface area contributed by atoms with Gasteiger partial charge in [0.05, 0.1) is 12.1 Å². The summed E-state index contributed by atoms with van der Waals surface area (Å²) in [5, 5.41) is 3.89. The van der Waals surface area contributed by atoms with E-state index in [1.54, 1.807) is 0 Å². The predicted octanol–water partition coefficient (Wildman–Crippen LogP) is 1.24. The largest absolute Gasteiger partial charge is 0.463 e. The lowest BCUT2D eigenvalue weighted by molar-refractivity contribution is 0.0587. The van der Waals surface area contributed by atoms with Gasteiger partial charge in [-0.15, -0.1) is 5.10 Å². The first-order valence-corrected chi connectivity index (χ1v) is 4.81. The Hall–Kier alpha value is -2.02. The molecule has 0 aliphatic heterocycles. The zero-order valence-corrected chi connectivity index (χ0v) is 9.35. The van der Waals surface area contributed by atoms with Gasteiger partial charge >= 0.3 is 5.97 Å². The third-order valence-electron chi connectivity index (χ3n) is 1.87. The molecule has 0 saturated carbocycles. The minimum Gasteiger partial charge on any atom is -0.463 e. The zero-order valence-electron chi connectivity index (χ0n) is 8.59. The van der Waals surface area contributed by atoms with Crippen LogP contribution in [-0.4, -0.2) is 32.8 Å². The molecule has 0 aliphatic rings. The second-order valence-corrected chi connectivity index (χ2v) is 3.40. The minimum atomic E-state index is -0.710. The number of hydrogen-bond acceptors (Lipinski definition) is 5. The Kier molecular flexibility index (Phi) is 3.01. The molecule has 0 radical (unpaired) electrons. The van der Waals surface area contributed by atoms with Gasteiger partial charge in [-0.25, -0.2) is 19.2 Å². The monoisotopic (exact) mass is 256 g/mol. The lowest BCUT2D eigenvalue weighted by Gasteiger charge is -2.00. The Morgan fingerprint density at radius 1 is 1.53 bits per heavy atom. The predicted molar refractivity (Wildman–Crippen MR) is 55.5 cm³/mol. The van der Waals surface area contributed by atoms with E-state index in [2.05, 4.69) is 19.8 Å². The molecule has 6 nitrogen and oxygen atoms in total. The SMILES string of the molecule is COC(=O)c1ncn(-c2ncc(Cl)cc2F)n1. The van der Waals surface area contributed by atoms with Crippen LogP contribution in [0, 0.1) is 5.82 Å². The Bertz CT molecular complexity index is 572. The average Bonchev–Trinajstić information content (AvgIpc) is 2.77. The van der Waals surface area contributed by atoms with Gasteiger partial charge in [-0.1, -0.05) is 11.6 Å². The summed E-state index contributed by atoms with van der Waals surface area (Å²) in [5.41, 5.74) is 0. The lowest BCUT2D eigenvalue weighted by Crippen LogP contribution is -2.06. The Morgan fingerprint density at radius 2 is 2.29 bits per heavy atom. The van der Waals surface area contributed by atoms with Gasteiger partial charge in [0.2, 0.25) is 0 Å². The second kappa shape index (κ2) is 4.46. The van der Waals surface area contributed by atoms with Crippen molar-refractivity contribution >= 4 is 17.6 Å². The number of methoxy groups -OCH3 is 1.